The van der Waals surface area contributed by atoms with Crippen molar-refractivity contribution >= 4 is 18.3 Å². The topological polar surface area (TPSA) is 66.6 Å². The van der Waals surface area contributed by atoms with Crippen molar-refractivity contribution in [3.8, 4) is 0 Å². The van der Waals surface area contributed by atoms with Gasteiger partial charge in [-0.1, -0.05) is 13.3 Å². The number of aliphatic hydroxyl groups excluding tert-OH is 1. The first-order chi connectivity index (χ1) is 6.47. The lowest BCUT2D eigenvalue weighted by atomic mass is 9.96. The maximum absolute atomic E-state index is 11.9. The Kier molecular flexibility index (Phi) is 5.56. The molecule has 2 atom stereocenters. The highest BCUT2D eigenvalue weighted by Gasteiger charge is 2.35. The molecule has 4 nitrogen and oxygen atoms in total. The molecule has 3 N–H and O–H groups in total. The molecule has 15 heavy (non-hydrogen) atoms. The predicted octanol–water partition coefficient (Wildman–Crippen LogP) is 0.519. The number of β-amino-alcohol motifs (C(OH)–C–C–N with tert-alkyl or cyclic N) is 1. The van der Waals surface area contributed by atoms with Gasteiger partial charge in [0.05, 0.1) is 11.6 Å². The molecule has 0 aromatic carbocycles. The zero-order valence-electron chi connectivity index (χ0n) is 9.40. The van der Waals surface area contributed by atoms with E-state index in [4.69, 9.17) is 5.73 Å². The van der Waals surface area contributed by atoms with Gasteiger partial charge in [-0.3, -0.25) is 4.79 Å². The third-order valence-electron chi connectivity index (χ3n) is 2.71. The van der Waals surface area contributed by atoms with E-state index in [9.17, 15) is 9.90 Å². The van der Waals surface area contributed by atoms with Gasteiger partial charge >= 0.3 is 0 Å². The summed E-state index contributed by atoms with van der Waals surface area (Å²) in [7, 11) is 0. The van der Waals surface area contributed by atoms with E-state index in [0.29, 0.717) is 25.9 Å². The van der Waals surface area contributed by atoms with Crippen molar-refractivity contribution in [1.29, 1.82) is 0 Å². The number of nitrogens with two attached hydrogens (primary N) is 1. The zero-order chi connectivity index (χ0) is 10.8. The molecule has 1 heterocycles. The number of nitrogens with zero attached hydrogens (tertiary/aromatic N) is 1. The lowest BCUT2D eigenvalue weighted by Crippen LogP contribution is -2.52. The second kappa shape index (κ2) is 5.68. The molecular formula is C10H21ClN2O2. The minimum atomic E-state index is -0.765. The van der Waals surface area contributed by atoms with Crippen LogP contribution >= 0.6 is 12.4 Å². The number of amides is 1. The number of likely N-dealkylation sites (tertiary alicyclic amines) is 1. The van der Waals surface area contributed by atoms with Gasteiger partial charge in [-0.2, -0.15) is 0 Å². The summed E-state index contributed by atoms with van der Waals surface area (Å²) < 4.78 is 0. The molecular weight excluding hydrogens is 216 g/mol. The molecule has 1 unspecified atom stereocenters. The average molecular weight is 237 g/mol. The second-order valence-electron chi connectivity index (χ2n) is 4.36. The monoisotopic (exact) mass is 236 g/mol. The highest BCUT2D eigenvalue weighted by molar-refractivity contribution is 5.86. The molecule has 0 saturated carbocycles. The molecule has 1 aliphatic heterocycles. The molecule has 0 aromatic rings. The molecule has 1 fully saturated rings. The van der Waals surface area contributed by atoms with Crippen LogP contribution in [0.15, 0.2) is 0 Å². The number of carbonyl (C=O) groups excluding carboxylic acids is 1. The average Bonchev–Trinajstić information content (AvgIpc) is 2.50. The molecule has 90 valence electrons. The van der Waals surface area contributed by atoms with Gasteiger partial charge in [-0.05, 0) is 19.8 Å². The lowest BCUT2D eigenvalue weighted by Gasteiger charge is -2.28. The summed E-state index contributed by atoms with van der Waals surface area (Å²) in [6.45, 7) is 4.85. The van der Waals surface area contributed by atoms with Gasteiger partial charge in [0.1, 0.15) is 0 Å². The van der Waals surface area contributed by atoms with E-state index >= 15 is 0 Å². The first-order valence-corrected chi connectivity index (χ1v) is 5.23. The minimum absolute atomic E-state index is 0. The Labute approximate surface area is 97.2 Å². The SMILES string of the molecule is CCCC(C)(N)C(=O)N1CC[C@@H](O)C1.Cl. The van der Waals surface area contributed by atoms with Crippen LogP contribution in [-0.4, -0.2) is 40.6 Å². The van der Waals surface area contributed by atoms with Crippen molar-refractivity contribution in [2.45, 2.75) is 44.8 Å². The van der Waals surface area contributed by atoms with Gasteiger partial charge in [0, 0.05) is 13.1 Å². The summed E-state index contributed by atoms with van der Waals surface area (Å²) in [5, 5.41) is 9.31. The van der Waals surface area contributed by atoms with E-state index in [2.05, 4.69) is 0 Å². The molecule has 0 spiro atoms. The lowest BCUT2D eigenvalue weighted by molar-refractivity contribution is -0.135. The van der Waals surface area contributed by atoms with Crippen molar-refractivity contribution in [2.24, 2.45) is 5.73 Å². The fraction of sp³-hybridized carbons (Fsp3) is 0.900. The van der Waals surface area contributed by atoms with Crippen molar-refractivity contribution in [3.05, 3.63) is 0 Å². The van der Waals surface area contributed by atoms with E-state index in [1.54, 1.807) is 11.8 Å². The summed E-state index contributed by atoms with van der Waals surface area (Å²) in [4.78, 5) is 13.6. The zero-order valence-corrected chi connectivity index (χ0v) is 10.2. The Bertz CT molecular complexity index is 221. The number of hydrogen-bond acceptors (Lipinski definition) is 3. The van der Waals surface area contributed by atoms with Crippen LogP contribution in [0.5, 0.6) is 0 Å². The van der Waals surface area contributed by atoms with Crippen LogP contribution in [0.25, 0.3) is 0 Å². The Morgan fingerprint density at radius 3 is 2.67 bits per heavy atom. The summed E-state index contributed by atoms with van der Waals surface area (Å²) in [5.41, 5.74) is 5.16. The number of carbonyl (C=O) groups is 1. The highest BCUT2D eigenvalue weighted by Crippen LogP contribution is 2.17. The van der Waals surface area contributed by atoms with E-state index in [0.717, 1.165) is 6.42 Å². The Morgan fingerprint density at radius 2 is 2.27 bits per heavy atom. The van der Waals surface area contributed by atoms with Gasteiger partial charge in [0.2, 0.25) is 5.91 Å². The van der Waals surface area contributed by atoms with Gasteiger partial charge in [-0.25, -0.2) is 0 Å². The van der Waals surface area contributed by atoms with Crippen molar-refractivity contribution < 1.29 is 9.90 Å². The Hall–Kier alpha value is -0.320. The molecule has 0 aliphatic carbocycles. The van der Waals surface area contributed by atoms with Crippen LogP contribution in [-0.2, 0) is 4.79 Å². The summed E-state index contributed by atoms with van der Waals surface area (Å²) in [5.74, 6) is -0.0316. The first-order valence-electron chi connectivity index (χ1n) is 5.23. The van der Waals surface area contributed by atoms with E-state index in [-0.39, 0.29) is 24.4 Å². The minimum Gasteiger partial charge on any atom is -0.391 e. The van der Waals surface area contributed by atoms with Crippen LogP contribution in [0.1, 0.15) is 33.1 Å². The van der Waals surface area contributed by atoms with E-state index in [1.165, 1.54) is 0 Å². The van der Waals surface area contributed by atoms with Crippen LogP contribution < -0.4 is 5.73 Å². The van der Waals surface area contributed by atoms with Gasteiger partial charge in [-0.15, -0.1) is 12.4 Å². The van der Waals surface area contributed by atoms with Crippen LogP contribution in [0.2, 0.25) is 0 Å². The number of halogens is 1. The molecule has 0 radical (unpaired) electrons. The number of hydrogen-bond donors (Lipinski definition) is 2. The van der Waals surface area contributed by atoms with E-state index in [1.807, 2.05) is 6.92 Å². The summed E-state index contributed by atoms with van der Waals surface area (Å²) >= 11 is 0. The van der Waals surface area contributed by atoms with Gasteiger partial charge < -0.3 is 15.7 Å². The molecule has 0 bridgehead atoms. The molecule has 1 rings (SSSR count). The standard InChI is InChI=1S/C10H20N2O2.ClH/c1-3-5-10(2,11)9(14)12-6-4-8(13)7-12;/h8,13H,3-7,11H2,1-2H3;1H/t8-,10?;/m1./s1. The normalized spacial score (nSPS) is 24.5. The maximum atomic E-state index is 11.9. The maximum Gasteiger partial charge on any atom is 0.242 e. The molecule has 1 saturated heterocycles. The van der Waals surface area contributed by atoms with E-state index < -0.39 is 5.54 Å². The molecule has 5 heteroatoms. The van der Waals surface area contributed by atoms with Crippen molar-refractivity contribution in [2.75, 3.05) is 13.1 Å². The fourth-order valence-corrected chi connectivity index (χ4v) is 1.91. The molecule has 1 aliphatic rings. The third kappa shape index (κ3) is 3.63. The van der Waals surface area contributed by atoms with Crippen molar-refractivity contribution in [1.82, 2.24) is 4.90 Å². The summed E-state index contributed by atoms with van der Waals surface area (Å²) in [6, 6.07) is 0. The summed E-state index contributed by atoms with van der Waals surface area (Å²) in [6.07, 6.45) is 1.90. The fourth-order valence-electron chi connectivity index (χ4n) is 1.91. The number of rotatable bonds is 3. The smallest absolute Gasteiger partial charge is 0.242 e. The van der Waals surface area contributed by atoms with Crippen LogP contribution in [0.4, 0.5) is 0 Å². The first kappa shape index (κ1) is 14.7. The number of aliphatic hydroxyl groups is 1. The van der Waals surface area contributed by atoms with Gasteiger partial charge in [0.15, 0.2) is 0 Å². The Balaban J connectivity index is 0.00000196. The Morgan fingerprint density at radius 1 is 1.67 bits per heavy atom. The highest BCUT2D eigenvalue weighted by atomic mass is 35.5. The third-order valence-corrected chi connectivity index (χ3v) is 2.71. The predicted molar refractivity (Wildman–Crippen MR) is 62.0 cm³/mol. The second-order valence-corrected chi connectivity index (χ2v) is 4.36. The van der Waals surface area contributed by atoms with Gasteiger partial charge in [0.25, 0.3) is 0 Å². The van der Waals surface area contributed by atoms with Crippen LogP contribution in [0.3, 0.4) is 0 Å². The molecule has 1 amide bonds. The van der Waals surface area contributed by atoms with Crippen LogP contribution in [0, 0.1) is 0 Å². The van der Waals surface area contributed by atoms with Crippen molar-refractivity contribution in [3.63, 3.8) is 0 Å². The molecule has 0 aromatic heterocycles. The largest absolute Gasteiger partial charge is 0.391 e. The quantitative estimate of drug-likeness (QED) is 0.751.